The largest absolute Gasteiger partial charge is 0.388 e. The maximum Gasteiger partial charge on any atom is 0.388 e. The van der Waals surface area contributed by atoms with Gasteiger partial charge in [0.1, 0.15) is 8.07 Å². The minimum atomic E-state index is -4.05. The second-order valence-electron chi connectivity index (χ2n) is 3.14. The van der Waals surface area contributed by atoms with Gasteiger partial charge in [0.15, 0.2) is 0 Å². The highest BCUT2D eigenvalue weighted by atomic mass is 28.3. The van der Waals surface area contributed by atoms with Crippen molar-refractivity contribution >= 4 is 8.07 Å². The van der Waals surface area contributed by atoms with Crippen LogP contribution in [0, 0.1) is 12.0 Å². The van der Waals surface area contributed by atoms with Crippen LogP contribution in [-0.2, 0) is 0 Å². The highest BCUT2D eigenvalue weighted by Crippen LogP contribution is 2.25. The van der Waals surface area contributed by atoms with E-state index >= 15 is 0 Å². The molecular formula is C7H11F3Si. The van der Waals surface area contributed by atoms with E-state index in [4.69, 9.17) is 6.42 Å². The number of alkyl halides is 3. The number of hydrogen-bond acceptors (Lipinski definition) is 0. The monoisotopic (exact) mass is 180 g/mol. The molecule has 0 aromatic rings. The van der Waals surface area contributed by atoms with Gasteiger partial charge in [0.05, 0.1) is 0 Å². The van der Waals surface area contributed by atoms with Gasteiger partial charge in [-0.05, 0) is 6.04 Å². The van der Waals surface area contributed by atoms with E-state index in [9.17, 15) is 13.2 Å². The van der Waals surface area contributed by atoms with Gasteiger partial charge in [0.2, 0.25) is 0 Å². The normalized spacial score (nSPS) is 12.7. The average molecular weight is 180 g/mol. The van der Waals surface area contributed by atoms with Crippen molar-refractivity contribution in [3.8, 4) is 12.0 Å². The molecule has 0 aromatic carbocycles. The molecular weight excluding hydrogens is 169 g/mol. The summed E-state index contributed by atoms with van der Waals surface area (Å²) in [6.45, 7) is 3.53. The standard InChI is InChI=1S/C7H11F3Si/c1-4-11(2,3)6-5-7(8,9)10/h1H,5-6H2,2-3H3. The molecule has 0 aliphatic heterocycles. The molecule has 0 aliphatic carbocycles. The molecule has 64 valence electrons. The zero-order valence-electron chi connectivity index (χ0n) is 6.63. The fraction of sp³-hybridized carbons (Fsp3) is 0.714. The number of rotatable bonds is 2. The Morgan fingerprint density at radius 3 is 2.09 bits per heavy atom. The van der Waals surface area contributed by atoms with Crippen molar-refractivity contribution in [1.82, 2.24) is 0 Å². The summed E-state index contributed by atoms with van der Waals surface area (Å²) in [6.07, 6.45) is 0.286. The van der Waals surface area contributed by atoms with Crippen molar-refractivity contribution in [2.24, 2.45) is 0 Å². The first-order valence-electron chi connectivity index (χ1n) is 3.31. The molecule has 0 bridgehead atoms. The Kier molecular flexibility index (Phi) is 3.18. The van der Waals surface area contributed by atoms with E-state index in [2.05, 4.69) is 5.54 Å². The first kappa shape index (κ1) is 10.6. The molecule has 0 fully saturated rings. The smallest absolute Gasteiger partial charge is 0.171 e. The predicted molar refractivity (Wildman–Crippen MR) is 41.8 cm³/mol. The number of hydrogen-bond donors (Lipinski definition) is 0. The maximum atomic E-state index is 11.7. The van der Waals surface area contributed by atoms with Crippen LogP contribution in [0.25, 0.3) is 0 Å². The Morgan fingerprint density at radius 2 is 1.82 bits per heavy atom. The minimum Gasteiger partial charge on any atom is -0.171 e. The molecule has 0 radical (unpaired) electrons. The number of terminal acetylenes is 1. The third-order valence-electron chi connectivity index (χ3n) is 1.42. The second-order valence-corrected chi connectivity index (χ2v) is 7.70. The van der Waals surface area contributed by atoms with Crippen LogP contribution in [0.2, 0.25) is 19.1 Å². The van der Waals surface area contributed by atoms with Crippen LogP contribution in [-0.4, -0.2) is 14.3 Å². The molecule has 11 heavy (non-hydrogen) atoms. The fourth-order valence-electron chi connectivity index (χ4n) is 0.526. The van der Waals surface area contributed by atoms with Crippen LogP contribution in [0.15, 0.2) is 0 Å². The lowest BCUT2D eigenvalue weighted by Crippen LogP contribution is -2.25. The lowest BCUT2D eigenvalue weighted by Gasteiger charge is -2.15. The summed E-state index contributed by atoms with van der Waals surface area (Å²) in [6, 6.07) is 0.132. The third kappa shape index (κ3) is 5.98. The molecule has 0 saturated heterocycles. The average Bonchev–Trinajstić information content (AvgIpc) is 1.83. The van der Waals surface area contributed by atoms with Gasteiger partial charge < -0.3 is 0 Å². The number of halogens is 3. The zero-order chi connectivity index (χ0) is 9.12. The summed E-state index contributed by atoms with van der Waals surface area (Å²) in [4.78, 5) is 0. The molecule has 0 spiro atoms. The van der Waals surface area contributed by atoms with Gasteiger partial charge in [-0.3, -0.25) is 0 Å². The molecule has 0 N–H and O–H groups in total. The van der Waals surface area contributed by atoms with Gasteiger partial charge in [-0.25, -0.2) is 0 Å². The molecule has 0 aromatic heterocycles. The van der Waals surface area contributed by atoms with E-state index in [1.54, 1.807) is 13.1 Å². The van der Waals surface area contributed by atoms with Gasteiger partial charge in [0, 0.05) is 6.42 Å². The van der Waals surface area contributed by atoms with Crippen LogP contribution in [0.4, 0.5) is 13.2 Å². The summed E-state index contributed by atoms with van der Waals surface area (Å²) in [7, 11) is -1.98. The molecule has 0 atom stereocenters. The quantitative estimate of drug-likeness (QED) is 0.453. The molecule has 0 unspecified atom stereocenters. The predicted octanol–water partition coefficient (Wildman–Crippen LogP) is 2.82. The molecule has 0 saturated carbocycles. The highest BCUT2D eigenvalue weighted by Gasteiger charge is 2.31. The van der Waals surface area contributed by atoms with Crippen molar-refractivity contribution in [2.45, 2.75) is 31.7 Å². The van der Waals surface area contributed by atoms with Gasteiger partial charge in [-0.2, -0.15) is 13.2 Å². The molecule has 0 amide bonds. The summed E-state index contributed by atoms with van der Waals surface area (Å²) in [5.74, 6) is 0. The summed E-state index contributed by atoms with van der Waals surface area (Å²) in [5.41, 5.74) is 2.45. The minimum absolute atomic E-state index is 0.132. The summed E-state index contributed by atoms with van der Waals surface area (Å²) >= 11 is 0. The van der Waals surface area contributed by atoms with Crippen molar-refractivity contribution < 1.29 is 13.2 Å². The van der Waals surface area contributed by atoms with Crippen LogP contribution >= 0.6 is 0 Å². The van der Waals surface area contributed by atoms with Crippen molar-refractivity contribution in [3.63, 3.8) is 0 Å². The first-order chi connectivity index (χ1) is 4.77. The summed E-state index contributed by atoms with van der Waals surface area (Å²) in [5, 5.41) is 0. The van der Waals surface area contributed by atoms with Crippen LogP contribution in [0.3, 0.4) is 0 Å². The fourth-order valence-corrected chi connectivity index (χ4v) is 1.58. The Labute approximate surface area is 65.8 Å². The lowest BCUT2D eigenvalue weighted by molar-refractivity contribution is -0.130. The maximum absolute atomic E-state index is 11.7. The third-order valence-corrected chi connectivity index (χ3v) is 3.71. The second kappa shape index (κ2) is 3.31. The van der Waals surface area contributed by atoms with Crippen LogP contribution < -0.4 is 0 Å². The molecule has 4 heteroatoms. The first-order valence-corrected chi connectivity index (χ1v) is 6.52. The van der Waals surface area contributed by atoms with Crippen molar-refractivity contribution in [3.05, 3.63) is 0 Å². The lowest BCUT2D eigenvalue weighted by atomic mass is 10.5. The summed E-state index contributed by atoms with van der Waals surface area (Å²) < 4.78 is 35.0. The Balaban J connectivity index is 3.83. The van der Waals surface area contributed by atoms with Crippen LogP contribution in [0.5, 0.6) is 0 Å². The van der Waals surface area contributed by atoms with Gasteiger partial charge in [-0.15, -0.1) is 12.0 Å². The van der Waals surface area contributed by atoms with Gasteiger partial charge in [0.25, 0.3) is 0 Å². The Hall–Kier alpha value is -0.433. The topological polar surface area (TPSA) is 0 Å². The van der Waals surface area contributed by atoms with E-state index in [1.807, 2.05) is 0 Å². The van der Waals surface area contributed by atoms with Gasteiger partial charge >= 0.3 is 6.18 Å². The van der Waals surface area contributed by atoms with Gasteiger partial charge in [-0.1, -0.05) is 13.1 Å². The molecule has 0 rings (SSSR count). The van der Waals surface area contributed by atoms with Crippen LogP contribution in [0.1, 0.15) is 6.42 Å². The van der Waals surface area contributed by atoms with Crippen molar-refractivity contribution in [2.75, 3.05) is 0 Å². The Bertz CT molecular complexity index is 164. The van der Waals surface area contributed by atoms with E-state index in [-0.39, 0.29) is 6.04 Å². The molecule has 0 heterocycles. The van der Waals surface area contributed by atoms with E-state index in [1.165, 1.54) is 0 Å². The molecule has 0 nitrogen and oxygen atoms in total. The highest BCUT2D eigenvalue weighted by molar-refractivity contribution is 6.84. The molecule has 0 aliphatic rings. The van der Waals surface area contributed by atoms with Crippen molar-refractivity contribution in [1.29, 1.82) is 0 Å². The SMILES string of the molecule is C#C[Si](C)(C)CCC(F)(F)F. The van der Waals surface area contributed by atoms with E-state index in [0.29, 0.717) is 0 Å². The van der Waals surface area contributed by atoms with E-state index in [0.717, 1.165) is 0 Å². The zero-order valence-corrected chi connectivity index (χ0v) is 7.63. The Morgan fingerprint density at radius 1 is 1.36 bits per heavy atom. The van der Waals surface area contributed by atoms with E-state index < -0.39 is 20.7 Å².